The van der Waals surface area contributed by atoms with Crippen molar-refractivity contribution in [2.24, 2.45) is 0 Å². The maximum atomic E-state index is 13.0. The van der Waals surface area contributed by atoms with Gasteiger partial charge < -0.3 is 15.5 Å². The predicted molar refractivity (Wildman–Crippen MR) is 125 cm³/mol. The molecule has 2 aromatic rings. The van der Waals surface area contributed by atoms with Crippen LogP contribution in [-0.4, -0.2) is 41.9 Å². The summed E-state index contributed by atoms with van der Waals surface area (Å²) in [6, 6.07) is 14.5. The van der Waals surface area contributed by atoms with E-state index in [9.17, 15) is 14.4 Å². The van der Waals surface area contributed by atoms with Gasteiger partial charge in [-0.2, -0.15) is 0 Å². The number of urea groups is 1. The fourth-order valence-corrected chi connectivity index (χ4v) is 4.16. The van der Waals surface area contributed by atoms with Gasteiger partial charge in [0.1, 0.15) is 12.1 Å². The molecule has 0 spiro atoms. The van der Waals surface area contributed by atoms with Crippen molar-refractivity contribution in [2.45, 2.75) is 39.3 Å². The zero-order valence-corrected chi connectivity index (χ0v) is 19.7. The van der Waals surface area contributed by atoms with Gasteiger partial charge in [-0.25, -0.2) is 4.79 Å². The monoisotopic (exact) mass is 486 g/mol. The molecule has 0 unspecified atom stereocenters. The molecule has 4 amide bonds. The van der Waals surface area contributed by atoms with Crippen molar-refractivity contribution >= 4 is 45.2 Å². The summed E-state index contributed by atoms with van der Waals surface area (Å²) in [5, 5.41) is 5.47. The Morgan fingerprint density at radius 2 is 1.87 bits per heavy atom. The normalized spacial score (nSPS) is 18.3. The topological polar surface area (TPSA) is 81.8 Å². The van der Waals surface area contributed by atoms with Crippen molar-refractivity contribution < 1.29 is 14.4 Å². The number of carbonyl (C=O) groups is 3. The molecule has 0 aliphatic carbocycles. The Morgan fingerprint density at radius 3 is 2.45 bits per heavy atom. The van der Waals surface area contributed by atoms with E-state index >= 15 is 0 Å². The molecule has 0 radical (unpaired) electrons. The van der Waals surface area contributed by atoms with Gasteiger partial charge in [0.25, 0.3) is 5.91 Å². The summed E-state index contributed by atoms with van der Waals surface area (Å²) < 4.78 is 0.798. The quantitative estimate of drug-likeness (QED) is 0.577. The SMILES string of the molecule is CCN(c1ccc(NC(=O)CN2C(=O)N[C@@](C)(c3cccc(Br)c3)C2=O)cc1)C(C)C. The highest BCUT2D eigenvalue weighted by Gasteiger charge is 2.49. The first kappa shape index (κ1) is 22.8. The summed E-state index contributed by atoms with van der Waals surface area (Å²) in [6.07, 6.45) is 0. The third-order valence-electron chi connectivity index (χ3n) is 5.43. The Balaban J connectivity index is 1.68. The number of benzene rings is 2. The zero-order valence-electron chi connectivity index (χ0n) is 18.1. The average molecular weight is 487 g/mol. The summed E-state index contributed by atoms with van der Waals surface area (Å²) in [5.41, 5.74) is 1.09. The summed E-state index contributed by atoms with van der Waals surface area (Å²) >= 11 is 3.38. The summed E-state index contributed by atoms with van der Waals surface area (Å²) in [6.45, 7) is 8.50. The van der Waals surface area contributed by atoms with Crippen molar-refractivity contribution in [1.82, 2.24) is 10.2 Å². The van der Waals surface area contributed by atoms with Crippen molar-refractivity contribution in [3.63, 3.8) is 0 Å². The van der Waals surface area contributed by atoms with E-state index in [1.807, 2.05) is 30.3 Å². The van der Waals surface area contributed by atoms with Gasteiger partial charge in [-0.3, -0.25) is 14.5 Å². The molecule has 7 nitrogen and oxygen atoms in total. The number of halogens is 1. The number of nitrogens with one attached hydrogen (secondary N) is 2. The van der Waals surface area contributed by atoms with Crippen LogP contribution in [-0.2, 0) is 15.1 Å². The number of amides is 4. The molecule has 164 valence electrons. The molecule has 1 aliphatic heterocycles. The lowest BCUT2D eigenvalue weighted by molar-refractivity contribution is -0.133. The van der Waals surface area contributed by atoms with Gasteiger partial charge >= 0.3 is 6.03 Å². The molecule has 2 aromatic carbocycles. The number of anilines is 2. The molecule has 31 heavy (non-hydrogen) atoms. The molecular formula is C23H27BrN4O3. The first-order valence-corrected chi connectivity index (χ1v) is 11.0. The first-order chi connectivity index (χ1) is 14.7. The average Bonchev–Trinajstić information content (AvgIpc) is 2.93. The lowest BCUT2D eigenvalue weighted by Crippen LogP contribution is -2.42. The van der Waals surface area contributed by atoms with Crippen LogP contribution < -0.4 is 15.5 Å². The number of hydrogen-bond donors (Lipinski definition) is 2. The lowest BCUT2D eigenvalue weighted by atomic mass is 9.92. The van der Waals surface area contributed by atoms with Crippen molar-refractivity contribution in [3.8, 4) is 0 Å². The van der Waals surface area contributed by atoms with Crippen LogP contribution in [0.1, 0.15) is 33.3 Å². The van der Waals surface area contributed by atoms with E-state index in [0.717, 1.165) is 21.6 Å². The van der Waals surface area contributed by atoms with Crippen LogP contribution in [0.3, 0.4) is 0 Å². The Labute approximate surface area is 190 Å². The second-order valence-electron chi connectivity index (χ2n) is 7.93. The second-order valence-corrected chi connectivity index (χ2v) is 8.85. The number of rotatable bonds is 7. The fourth-order valence-electron chi connectivity index (χ4n) is 3.76. The van der Waals surface area contributed by atoms with Gasteiger partial charge in [-0.05, 0) is 69.7 Å². The molecular weight excluding hydrogens is 460 g/mol. The minimum atomic E-state index is -1.22. The van der Waals surface area contributed by atoms with Gasteiger partial charge in [0.05, 0.1) is 0 Å². The summed E-state index contributed by atoms with van der Waals surface area (Å²) in [4.78, 5) is 41.2. The van der Waals surface area contributed by atoms with Gasteiger partial charge in [0.2, 0.25) is 5.91 Å². The van der Waals surface area contributed by atoms with Crippen molar-refractivity contribution in [3.05, 3.63) is 58.6 Å². The van der Waals surface area contributed by atoms with E-state index in [1.165, 1.54) is 0 Å². The van der Waals surface area contributed by atoms with Crippen LogP contribution in [0.5, 0.6) is 0 Å². The van der Waals surface area contributed by atoms with Crippen LogP contribution in [0.4, 0.5) is 16.2 Å². The lowest BCUT2D eigenvalue weighted by Gasteiger charge is -2.27. The maximum absolute atomic E-state index is 13.0. The van der Waals surface area contributed by atoms with Crippen molar-refractivity contribution in [1.29, 1.82) is 0 Å². The Hall–Kier alpha value is -2.87. The molecule has 1 heterocycles. The molecule has 1 aliphatic rings. The molecule has 0 aromatic heterocycles. The predicted octanol–water partition coefficient (Wildman–Crippen LogP) is 4.09. The molecule has 0 saturated carbocycles. The highest BCUT2D eigenvalue weighted by atomic mass is 79.9. The third kappa shape index (κ3) is 4.74. The van der Waals surface area contributed by atoms with E-state index in [1.54, 1.807) is 25.1 Å². The molecule has 8 heteroatoms. The van der Waals surface area contributed by atoms with E-state index in [2.05, 4.69) is 52.2 Å². The minimum Gasteiger partial charge on any atom is -0.369 e. The number of imide groups is 1. The third-order valence-corrected chi connectivity index (χ3v) is 5.92. The minimum absolute atomic E-state index is 0.358. The van der Waals surface area contributed by atoms with Gasteiger partial charge in [-0.1, -0.05) is 28.1 Å². The Morgan fingerprint density at radius 1 is 1.19 bits per heavy atom. The molecule has 1 fully saturated rings. The van der Waals surface area contributed by atoms with E-state index in [0.29, 0.717) is 17.3 Å². The fraction of sp³-hybridized carbons (Fsp3) is 0.348. The summed E-state index contributed by atoms with van der Waals surface area (Å²) in [5.74, 6) is -0.900. The highest BCUT2D eigenvalue weighted by Crippen LogP contribution is 2.30. The second kappa shape index (κ2) is 9.09. The molecule has 3 rings (SSSR count). The largest absolute Gasteiger partial charge is 0.369 e. The maximum Gasteiger partial charge on any atom is 0.325 e. The number of carbonyl (C=O) groups excluding carboxylic acids is 3. The van der Waals surface area contributed by atoms with E-state index in [-0.39, 0.29) is 6.54 Å². The van der Waals surface area contributed by atoms with Crippen molar-refractivity contribution in [2.75, 3.05) is 23.3 Å². The Bertz CT molecular complexity index is 993. The van der Waals surface area contributed by atoms with Crippen LogP contribution in [0.15, 0.2) is 53.0 Å². The number of nitrogens with zero attached hydrogens (tertiary/aromatic N) is 2. The number of hydrogen-bond acceptors (Lipinski definition) is 4. The van der Waals surface area contributed by atoms with Crippen LogP contribution in [0.25, 0.3) is 0 Å². The highest BCUT2D eigenvalue weighted by molar-refractivity contribution is 9.10. The van der Waals surface area contributed by atoms with Gasteiger partial charge in [-0.15, -0.1) is 0 Å². The first-order valence-electron chi connectivity index (χ1n) is 10.2. The van der Waals surface area contributed by atoms with Gasteiger partial charge in [0, 0.05) is 28.4 Å². The Kier molecular flexibility index (Phi) is 6.69. The summed E-state index contributed by atoms with van der Waals surface area (Å²) in [7, 11) is 0. The van der Waals surface area contributed by atoms with Crippen LogP contribution in [0, 0.1) is 0 Å². The molecule has 0 bridgehead atoms. The molecule has 1 atom stereocenters. The van der Waals surface area contributed by atoms with Crippen LogP contribution in [0.2, 0.25) is 0 Å². The van der Waals surface area contributed by atoms with E-state index in [4.69, 9.17) is 0 Å². The standard InChI is InChI=1S/C23H27BrN4O3/c1-5-27(15(2)3)19-11-9-18(10-12-19)25-20(29)14-28-21(30)23(4,26-22(28)31)16-7-6-8-17(24)13-16/h6-13,15H,5,14H2,1-4H3,(H,25,29)(H,26,31)/t23-/m0/s1. The zero-order chi connectivity index (χ0) is 22.8. The smallest absolute Gasteiger partial charge is 0.325 e. The molecule has 1 saturated heterocycles. The van der Waals surface area contributed by atoms with E-state index < -0.39 is 23.4 Å². The molecule has 2 N–H and O–H groups in total. The van der Waals surface area contributed by atoms with Crippen LogP contribution >= 0.6 is 15.9 Å². The van der Waals surface area contributed by atoms with Gasteiger partial charge in [0.15, 0.2) is 0 Å².